The van der Waals surface area contributed by atoms with Crippen molar-refractivity contribution in [2.75, 3.05) is 18.0 Å². The molecule has 0 radical (unpaired) electrons. The van der Waals surface area contributed by atoms with Gasteiger partial charge in [0.2, 0.25) is 10.0 Å². The molecule has 18 heavy (non-hydrogen) atoms. The number of hydrogen-bond acceptors (Lipinski definition) is 4. The molecule has 0 spiro atoms. The Morgan fingerprint density at radius 2 is 2.06 bits per heavy atom. The smallest absolute Gasteiger partial charge is 0.240 e. The maximum absolute atomic E-state index is 12.1. The summed E-state index contributed by atoms with van der Waals surface area (Å²) in [5, 5.41) is 0. The lowest BCUT2D eigenvalue weighted by atomic mass is 10.1. The number of anilines is 1. The van der Waals surface area contributed by atoms with Crippen LogP contribution in [0, 0.1) is 0 Å². The van der Waals surface area contributed by atoms with E-state index < -0.39 is 10.0 Å². The lowest BCUT2D eigenvalue weighted by molar-refractivity contribution is 0.552. The fraction of sp³-hybridized carbons (Fsp3) is 0.500. The molecule has 1 aromatic carbocycles. The van der Waals surface area contributed by atoms with E-state index in [2.05, 4.69) is 11.6 Å². The quantitative estimate of drug-likeness (QED) is 0.828. The maximum Gasteiger partial charge on any atom is 0.240 e. The number of nitrogens with one attached hydrogen (secondary N) is 1. The molecule has 1 fully saturated rings. The molecule has 2 rings (SSSR count). The summed E-state index contributed by atoms with van der Waals surface area (Å²) in [6, 6.07) is 6.25. The molecule has 1 heterocycles. The zero-order valence-corrected chi connectivity index (χ0v) is 12.0. The Hall–Kier alpha value is -0.720. The van der Waals surface area contributed by atoms with Crippen molar-refractivity contribution in [3.05, 3.63) is 24.3 Å². The highest BCUT2D eigenvalue weighted by Crippen LogP contribution is 2.37. The summed E-state index contributed by atoms with van der Waals surface area (Å²) in [6.07, 6.45) is 2.21. The van der Waals surface area contributed by atoms with Crippen LogP contribution >= 0.6 is 11.8 Å². The van der Waals surface area contributed by atoms with Crippen molar-refractivity contribution in [2.45, 2.75) is 29.4 Å². The SMILES string of the molecule is CC1(CNS(=O)(=O)c2ccc(N)cc2)CCCS1. The molecular weight excluding hydrogens is 268 g/mol. The number of thioether (sulfide) groups is 1. The highest BCUT2D eigenvalue weighted by atomic mass is 32.2. The molecule has 1 aliphatic rings. The van der Waals surface area contributed by atoms with Crippen LogP contribution in [-0.2, 0) is 10.0 Å². The van der Waals surface area contributed by atoms with Crippen LogP contribution in [0.4, 0.5) is 5.69 Å². The number of sulfonamides is 1. The molecule has 1 atom stereocenters. The van der Waals surface area contributed by atoms with Crippen LogP contribution in [0.15, 0.2) is 29.2 Å². The van der Waals surface area contributed by atoms with Crippen LogP contribution in [0.2, 0.25) is 0 Å². The van der Waals surface area contributed by atoms with E-state index in [1.54, 1.807) is 12.1 Å². The van der Waals surface area contributed by atoms with Crippen molar-refractivity contribution in [3.8, 4) is 0 Å². The average molecular weight is 286 g/mol. The largest absolute Gasteiger partial charge is 0.399 e. The van der Waals surface area contributed by atoms with E-state index in [1.165, 1.54) is 12.1 Å². The third-order valence-corrected chi connectivity index (χ3v) is 6.08. The first-order chi connectivity index (χ1) is 8.41. The van der Waals surface area contributed by atoms with Crippen molar-refractivity contribution < 1.29 is 8.42 Å². The summed E-state index contributed by atoms with van der Waals surface area (Å²) in [5.74, 6) is 1.11. The minimum atomic E-state index is -3.42. The number of nitrogens with two attached hydrogens (primary N) is 1. The monoisotopic (exact) mass is 286 g/mol. The summed E-state index contributed by atoms with van der Waals surface area (Å²) >= 11 is 1.84. The van der Waals surface area contributed by atoms with E-state index >= 15 is 0 Å². The molecular formula is C12H18N2O2S2. The summed E-state index contributed by atoms with van der Waals surface area (Å²) in [4.78, 5) is 0.267. The van der Waals surface area contributed by atoms with Gasteiger partial charge in [0.25, 0.3) is 0 Å². The predicted octanol–water partition coefficient (Wildman–Crippen LogP) is 1.83. The fourth-order valence-corrected chi connectivity index (χ4v) is 4.46. The van der Waals surface area contributed by atoms with Gasteiger partial charge in [-0.15, -0.1) is 0 Å². The molecule has 100 valence electrons. The molecule has 0 saturated carbocycles. The van der Waals surface area contributed by atoms with Gasteiger partial charge in [-0.1, -0.05) is 0 Å². The standard InChI is InChI=1S/C12H18N2O2S2/c1-12(7-2-8-17-12)9-14-18(15,16)11-5-3-10(13)4-6-11/h3-6,14H,2,7-9,13H2,1H3. The van der Waals surface area contributed by atoms with Gasteiger partial charge in [-0.3, -0.25) is 0 Å². The van der Waals surface area contributed by atoms with Gasteiger partial charge in [0.1, 0.15) is 0 Å². The first-order valence-corrected chi connectivity index (χ1v) is 8.37. The van der Waals surface area contributed by atoms with Crippen molar-refractivity contribution in [3.63, 3.8) is 0 Å². The molecule has 1 saturated heterocycles. The Balaban J connectivity index is 2.05. The van der Waals surface area contributed by atoms with E-state index in [9.17, 15) is 8.42 Å². The van der Waals surface area contributed by atoms with Crippen molar-refractivity contribution in [2.24, 2.45) is 0 Å². The van der Waals surface area contributed by atoms with Gasteiger partial charge >= 0.3 is 0 Å². The van der Waals surface area contributed by atoms with E-state index in [4.69, 9.17) is 5.73 Å². The van der Waals surface area contributed by atoms with E-state index in [0.717, 1.165) is 18.6 Å². The van der Waals surface area contributed by atoms with Gasteiger partial charge in [0.15, 0.2) is 0 Å². The van der Waals surface area contributed by atoms with Gasteiger partial charge in [-0.2, -0.15) is 11.8 Å². The summed E-state index contributed by atoms with van der Waals surface area (Å²) in [5.41, 5.74) is 6.11. The summed E-state index contributed by atoms with van der Waals surface area (Å²) in [6.45, 7) is 2.58. The van der Waals surface area contributed by atoms with Gasteiger partial charge < -0.3 is 5.73 Å². The summed E-state index contributed by atoms with van der Waals surface area (Å²) in [7, 11) is -3.42. The predicted molar refractivity (Wildman–Crippen MR) is 76.1 cm³/mol. The first kappa shape index (κ1) is 13.7. The molecule has 1 unspecified atom stereocenters. The molecule has 0 aliphatic carbocycles. The third kappa shape index (κ3) is 3.18. The molecule has 3 N–H and O–H groups in total. The topological polar surface area (TPSA) is 72.2 Å². The van der Waals surface area contributed by atoms with Crippen LogP contribution < -0.4 is 10.5 Å². The Labute approximate surface area is 112 Å². The lowest BCUT2D eigenvalue weighted by Crippen LogP contribution is -2.36. The molecule has 0 bridgehead atoms. The highest BCUT2D eigenvalue weighted by molar-refractivity contribution is 8.01. The lowest BCUT2D eigenvalue weighted by Gasteiger charge is -2.22. The molecule has 6 heteroatoms. The highest BCUT2D eigenvalue weighted by Gasteiger charge is 2.31. The van der Waals surface area contributed by atoms with E-state index in [1.807, 2.05) is 11.8 Å². The van der Waals surface area contributed by atoms with E-state index in [0.29, 0.717) is 12.2 Å². The van der Waals surface area contributed by atoms with Crippen molar-refractivity contribution >= 4 is 27.5 Å². The van der Waals surface area contributed by atoms with E-state index in [-0.39, 0.29) is 9.64 Å². The van der Waals surface area contributed by atoms with Crippen molar-refractivity contribution in [1.82, 2.24) is 4.72 Å². The van der Waals surface area contributed by atoms with Gasteiger partial charge in [-0.05, 0) is 49.8 Å². The normalized spacial score (nSPS) is 24.3. The minimum absolute atomic E-state index is 0.0286. The summed E-state index contributed by atoms with van der Waals surface area (Å²) < 4.78 is 26.9. The Morgan fingerprint density at radius 1 is 1.39 bits per heavy atom. The second-order valence-electron chi connectivity index (χ2n) is 4.80. The van der Waals surface area contributed by atoms with Crippen LogP contribution in [0.3, 0.4) is 0 Å². The average Bonchev–Trinajstić information content (AvgIpc) is 2.75. The maximum atomic E-state index is 12.1. The Morgan fingerprint density at radius 3 is 2.61 bits per heavy atom. The second kappa shape index (κ2) is 5.11. The first-order valence-electron chi connectivity index (χ1n) is 5.91. The zero-order chi connectivity index (χ0) is 13.2. The van der Waals surface area contributed by atoms with Crippen LogP contribution in [0.25, 0.3) is 0 Å². The zero-order valence-electron chi connectivity index (χ0n) is 10.3. The fourth-order valence-electron chi connectivity index (χ4n) is 1.95. The molecule has 1 aromatic rings. The Kier molecular flexibility index (Phi) is 3.89. The van der Waals surface area contributed by atoms with Crippen LogP contribution in [-0.4, -0.2) is 25.5 Å². The van der Waals surface area contributed by atoms with Gasteiger partial charge in [0.05, 0.1) is 4.90 Å². The number of rotatable bonds is 4. The van der Waals surface area contributed by atoms with Crippen LogP contribution in [0.5, 0.6) is 0 Å². The van der Waals surface area contributed by atoms with Crippen molar-refractivity contribution in [1.29, 1.82) is 0 Å². The van der Waals surface area contributed by atoms with Gasteiger partial charge in [-0.25, -0.2) is 13.1 Å². The molecule has 4 nitrogen and oxygen atoms in total. The molecule has 1 aliphatic heterocycles. The number of hydrogen-bond donors (Lipinski definition) is 2. The van der Waals surface area contributed by atoms with Gasteiger partial charge in [0, 0.05) is 17.0 Å². The Bertz CT molecular complexity index is 505. The number of nitrogen functional groups attached to an aromatic ring is 1. The minimum Gasteiger partial charge on any atom is -0.399 e. The molecule has 0 aromatic heterocycles. The second-order valence-corrected chi connectivity index (χ2v) is 8.24. The molecule has 0 amide bonds. The number of benzene rings is 1. The third-order valence-electron chi connectivity index (χ3n) is 3.13. The van der Waals surface area contributed by atoms with Crippen LogP contribution in [0.1, 0.15) is 19.8 Å².